The highest BCUT2D eigenvalue weighted by atomic mass is 16.5. The lowest BCUT2D eigenvalue weighted by atomic mass is 9.96. The number of carbonyl (C=O) groups is 4. The number of aryl methyl sites for hydroxylation is 1. The summed E-state index contributed by atoms with van der Waals surface area (Å²) in [7, 11) is 1.58. The fourth-order valence-corrected chi connectivity index (χ4v) is 6.89. The van der Waals surface area contributed by atoms with Gasteiger partial charge in [0.2, 0.25) is 17.7 Å². The van der Waals surface area contributed by atoms with Gasteiger partial charge >= 0.3 is 0 Å². The third-order valence-corrected chi connectivity index (χ3v) is 9.75. The summed E-state index contributed by atoms with van der Waals surface area (Å²) in [6.45, 7) is 5.82. The van der Waals surface area contributed by atoms with E-state index in [-0.39, 0.29) is 42.0 Å². The first kappa shape index (κ1) is 35.1. The minimum atomic E-state index is -1.03. The van der Waals surface area contributed by atoms with Crippen LogP contribution in [0.15, 0.2) is 48.5 Å². The summed E-state index contributed by atoms with van der Waals surface area (Å²) in [5.74, 6) is -2.15. The smallest absolute Gasteiger partial charge is 0.259 e. The molecule has 1 saturated heterocycles. The summed E-state index contributed by atoms with van der Waals surface area (Å²) < 4.78 is 5.72. The number of benzene rings is 2. The van der Waals surface area contributed by atoms with Crippen molar-refractivity contribution in [2.24, 2.45) is 11.8 Å². The topological polar surface area (TPSA) is 149 Å². The first-order chi connectivity index (χ1) is 23.0. The summed E-state index contributed by atoms with van der Waals surface area (Å²) in [5, 5.41) is 20.6. The number of carbonyl (C=O) groups excluding carboxylic acids is 4. The lowest BCUT2D eigenvalue weighted by Crippen LogP contribution is -2.63. The molecule has 2 aliphatic heterocycles. The number of ether oxygens (including phenoxy) is 1. The predicted octanol–water partition coefficient (Wildman–Crippen LogP) is 3.32. The molecule has 0 spiro atoms. The van der Waals surface area contributed by atoms with Crippen molar-refractivity contribution in [2.45, 2.75) is 96.0 Å². The number of amides is 4. The molecule has 5 rings (SSSR count). The Bertz CT molecular complexity index is 1530. The Labute approximate surface area is 282 Å². The van der Waals surface area contributed by atoms with E-state index in [1.807, 2.05) is 13.8 Å². The van der Waals surface area contributed by atoms with Crippen molar-refractivity contribution >= 4 is 29.7 Å². The number of fused-ring (bicyclic) bond motifs is 3. The van der Waals surface area contributed by atoms with Gasteiger partial charge in [0.1, 0.15) is 23.9 Å². The van der Waals surface area contributed by atoms with E-state index in [9.17, 15) is 24.3 Å². The lowest BCUT2D eigenvalue weighted by molar-refractivity contribution is -0.144. The van der Waals surface area contributed by atoms with Gasteiger partial charge in [-0.05, 0) is 84.9 Å². The third-order valence-electron chi connectivity index (χ3n) is 9.75. The standard InChI is InChI=1S/C37H49N5O6/c1-22(2)33-36(46)39-31(21-25-10-7-11-27(43)19-25)37(47)42-18-8-12-30(41-42)35(45)38-29-17-16-26-15-14-24(20-28(26)29)9-5-6-13-32(48-4)23(3)34(44)40-33/h5,7,9-11,14-15,19-20,22-23,29-33,41,43H,6,8,12-13,16-18,21H2,1-4H3,(H,38,45)(H,39,46)(H,40,44)/b9-5+/t23-,29-,30+,31+,32-,33+/m1/s1. The Kier molecular flexibility index (Phi) is 11.5. The fourth-order valence-electron chi connectivity index (χ4n) is 6.89. The number of hydrogen-bond acceptors (Lipinski definition) is 7. The molecular formula is C37H49N5O6. The molecule has 2 heterocycles. The molecular weight excluding hydrogens is 610 g/mol. The monoisotopic (exact) mass is 659 g/mol. The number of nitrogens with one attached hydrogen (secondary N) is 4. The Morgan fingerprint density at radius 1 is 0.938 bits per heavy atom. The summed E-state index contributed by atoms with van der Waals surface area (Å²) in [6.07, 6.45) is 7.97. The average molecular weight is 660 g/mol. The summed E-state index contributed by atoms with van der Waals surface area (Å²) >= 11 is 0. The zero-order valence-electron chi connectivity index (χ0n) is 28.3. The maximum atomic E-state index is 14.1. The maximum Gasteiger partial charge on any atom is 0.259 e. The molecule has 1 fully saturated rings. The van der Waals surface area contributed by atoms with E-state index in [2.05, 4.69) is 51.7 Å². The van der Waals surface area contributed by atoms with Crippen LogP contribution in [0.3, 0.4) is 0 Å². The quantitative estimate of drug-likeness (QED) is 0.338. The van der Waals surface area contributed by atoms with Gasteiger partial charge in [-0.15, -0.1) is 0 Å². The molecule has 3 aliphatic rings. The molecule has 4 bridgehead atoms. The first-order valence-electron chi connectivity index (χ1n) is 17.1. The van der Waals surface area contributed by atoms with Crippen LogP contribution in [0.25, 0.3) is 6.08 Å². The normalized spacial score (nSPS) is 28.1. The van der Waals surface area contributed by atoms with Crippen LogP contribution in [0.2, 0.25) is 0 Å². The van der Waals surface area contributed by atoms with Crippen LogP contribution >= 0.6 is 0 Å². The van der Waals surface area contributed by atoms with Crippen LogP contribution in [-0.4, -0.2) is 71.6 Å². The Morgan fingerprint density at radius 2 is 1.75 bits per heavy atom. The van der Waals surface area contributed by atoms with Crippen molar-refractivity contribution in [2.75, 3.05) is 13.7 Å². The zero-order chi connectivity index (χ0) is 34.4. The van der Waals surface area contributed by atoms with E-state index in [0.29, 0.717) is 37.8 Å². The van der Waals surface area contributed by atoms with E-state index in [1.165, 1.54) is 16.6 Å². The van der Waals surface area contributed by atoms with Crippen molar-refractivity contribution < 1.29 is 29.0 Å². The number of nitrogens with zero attached hydrogens (tertiary/aromatic N) is 1. The van der Waals surface area contributed by atoms with Gasteiger partial charge in [0.25, 0.3) is 5.91 Å². The number of methoxy groups -OCH3 is 1. The SMILES string of the molecule is CO[C@@H]1CC/C=C/c2ccc3c(c2)[C@@H](CC3)NC(=O)[C@@H]2CCCN(N2)C(=O)[C@H](Cc2cccc(O)c2)NC(=O)[C@H](C(C)C)NC(=O)[C@@H]1C. The Morgan fingerprint density at radius 3 is 2.50 bits per heavy atom. The second kappa shape index (κ2) is 15.8. The fraction of sp³-hybridized carbons (Fsp3) is 0.514. The second-order valence-electron chi connectivity index (χ2n) is 13.6. The molecule has 2 aromatic rings. The minimum Gasteiger partial charge on any atom is -0.508 e. The summed E-state index contributed by atoms with van der Waals surface area (Å²) in [5.41, 5.74) is 7.13. The van der Waals surface area contributed by atoms with Crippen molar-refractivity contribution in [1.29, 1.82) is 0 Å². The number of hydrazine groups is 1. The Balaban J connectivity index is 1.46. The number of aromatic hydroxyl groups is 1. The molecule has 0 radical (unpaired) electrons. The molecule has 48 heavy (non-hydrogen) atoms. The molecule has 258 valence electrons. The number of rotatable bonds is 4. The van der Waals surface area contributed by atoms with Crippen LogP contribution in [0.5, 0.6) is 5.75 Å². The molecule has 0 saturated carbocycles. The molecule has 2 aromatic carbocycles. The average Bonchev–Trinajstić information content (AvgIpc) is 3.47. The van der Waals surface area contributed by atoms with Crippen LogP contribution in [0.4, 0.5) is 0 Å². The molecule has 11 nitrogen and oxygen atoms in total. The molecule has 1 aliphatic carbocycles. The minimum absolute atomic E-state index is 0.0441. The number of phenols is 1. The van der Waals surface area contributed by atoms with E-state index in [1.54, 1.807) is 32.2 Å². The van der Waals surface area contributed by atoms with Gasteiger partial charge in [0, 0.05) is 20.1 Å². The predicted molar refractivity (Wildman–Crippen MR) is 182 cm³/mol. The molecule has 0 aromatic heterocycles. The summed E-state index contributed by atoms with van der Waals surface area (Å²) in [6, 6.07) is 10.2. The highest BCUT2D eigenvalue weighted by Gasteiger charge is 2.36. The van der Waals surface area contributed by atoms with Crippen molar-refractivity contribution in [3.63, 3.8) is 0 Å². The van der Waals surface area contributed by atoms with Gasteiger partial charge in [-0.25, -0.2) is 5.43 Å². The van der Waals surface area contributed by atoms with E-state index in [4.69, 9.17) is 4.74 Å². The highest BCUT2D eigenvalue weighted by Crippen LogP contribution is 2.32. The molecule has 5 N–H and O–H groups in total. The lowest BCUT2D eigenvalue weighted by Gasteiger charge is -2.36. The van der Waals surface area contributed by atoms with Crippen molar-refractivity contribution in [3.8, 4) is 5.75 Å². The maximum absolute atomic E-state index is 14.1. The van der Waals surface area contributed by atoms with E-state index in [0.717, 1.165) is 24.0 Å². The number of hydrogen-bond donors (Lipinski definition) is 5. The molecule has 6 atom stereocenters. The highest BCUT2D eigenvalue weighted by molar-refractivity contribution is 5.93. The van der Waals surface area contributed by atoms with Crippen LogP contribution in [-0.2, 0) is 36.8 Å². The van der Waals surface area contributed by atoms with E-state index < -0.39 is 35.9 Å². The van der Waals surface area contributed by atoms with Gasteiger partial charge in [0.05, 0.1) is 18.1 Å². The molecule has 4 amide bonds. The van der Waals surface area contributed by atoms with Gasteiger partial charge in [0.15, 0.2) is 0 Å². The summed E-state index contributed by atoms with van der Waals surface area (Å²) in [4.78, 5) is 55.0. The van der Waals surface area contributed by atoms with Crippen molar-refractivity contribution in [1.82, 2.24) is 26.4 Å². The largest absolute Gasteiger partial charge is 0.508 e. The third kappa shape index (κ3) is 8.43. The van der Waals surface area contributed by atoms with Crippen LogP contribution in [0, 0.1) is 11.8 Å². The van der Waals surface area contributed by atoms with Gasteiger partial charge < -0.3 is 25.8 Å². The second-order valence-corrected chi connectivity index (χ2v) is 13.6. The zero-order valence-corrected chi connectivity index (χ0v) is 28.3. The van der Waals surface area contributed by atoms with Crippen LogP contribution in [0.1, 0.15) is 81.2 Å². The van der Waals surface area contributed by atoms with Gasteiger partial charge in [-0.1, -0.05) is 57.2 Å². The van der Waals surface area contributed by atoms with Gasteiger partial charge in [-0.3, -0.25) is 24.2 Å². The van der Waals surface area contributed by atoms with Gasteiger partial charge in [-0.2, -0.15) is 0 Å². The number of phenolic OH excluding ortho intramolecular Hbond substituents is 1. The van der Waals surface area contributed by atoms with Crippen molar-refractivity contribution in [3.05, 3.63) is 70.8 Å². The molecule has 11 heteroatoms. The Hall–Kier alpha value is -4.22. The molecule has 0 unspecified atom stereocenters. The number of allylic oxidation sites excluding steroid dienone is 1. The van der Waals surface area contributed by atoms with E-state index >= 15 is 0 Å². The first-order valence-corrected chi connectivity index (χ1v) is 17.1. The van der Waals surface area contributed by atoms with Crippen LogP contribution < -0.4 is 21.4 Å².